The second-order valence-corrected chi connectivity index (χ2v) is 6.86. The van der Waals surface area contributed by atoms with Gasteiger partial charge < -0.3 is 16.0 Å². The first kappa shape index (κ1) is 18.0. The maximum Gasteiger partial charge on any atom is 0.238 e. The molecule has 0 bridgehead atoms. The number of hydrogen-bond donors (Lipinski definition) is 2. The van der Waals surface area contributed by atoms with Crippen molar-refractivity contribution in [2.24, 2.45) is 5.73 Å². The van der Waals surface area contributed by atoms with Gasteiger partial charge in [0.05, 0.1) is 22.2 Å². The lowest BCUT2D eigenvalue weighted by Crippen LogP contribution is -2.57. The average Bonchev–Trinajstić information content (AvgIpc) is 2.53. The summed E-state index contributed by atoms with van der Waals surface area (Å²) in [5, 5.41) is 13.2. The summed E-state index contributed by atoms with van der Waals surface area (Å²) in [4.78, 5) is 14.5. The number of nitrogens with one attached hydrogen (secondary N) is 1. The number of nitrogens with two attached hydrogens (primary N) is 1. The zero-order valence-corrected chi connectivity index (χ0v) is 14.5. The van der Waals surface area contributed by atoms with Gasteiger partial charge in [-0.05, 0) is 44.0 Å². The van der Waals surface area contributed by atoms with E-state index in [2.05, 4.69) is 16.3 Å². The smallest absolute Gasteiger partial charge is 0.238 e. The summed E-state index contributed by atoms with van der Waals surface area (Å²) in [6.07, 6.45) is 1.54. The molecule has 124 valence electrons. The summed E-state index contributed by atoms with van der Waals surface area (Å²) in [5.74, 6) is -0.317. The van der Waals surface area contributed by atoms with Crippen LogP contribution in [0.4, 0.5) is 0 Å². The van der Waals surface area contributed by atoms with Gasteiger partial charge in [-0.25, -0.2) is 0 Å². The second kappa shape index (κ2) is 7.50. The number of hydrogen-bond acceptors (Lipinski definition) is 4. The number of nitriles is 1. The van der Waals surface area contributed by atoms with E-state index in [1.54, 1.807) is 18.2 Å². The number of rotatable bonds is 4. The van der Waals surface area contributed by atoms with Gasteiger partial charge in [0.1, 0.15) is 5.54 Å². The molecule has 1 aromatic carbocycles. The molecule has 1 unspecified atom stereocenters. The molecule has 7 heteroatoms. The topological polar surface area (TPSA) is 82.2 Å². The van der Waals surface area contributed by atoms with Crippen LogP contribution in [0.2, 0.25) is 10.0 Å². The zero-order valence-electron chi connectivity index (χ0n) is 13.0. The maximum absolute atomic E-state index is 12.4. The standard InChI is InChI=1S/C16H20Cl2N4O/c1-22-6-4-16(10-19,5-7-22)21-15(23)14(20)9-11-2-3-12(17)13(18)8-11/h2-3,8,14H,4-7,9,20H2,1H3,(H,21,23). The molecule has 1 amide bonds. The van der Waals surface area contributed by atoms with Crippen LogP contribution in [0.5, 0.6) is 0 Å². The van der Waals surface area contributed by atoms with Gasteiger partial charge in [0.2, 0.25) is 5.91 Å². The van der Waals surface area contributed by atoms with Crippen molar-refractivity contribution >= 4 is 29.1 Å². The highest BCUT2D eigenvalue weighted by molar-refractivity contribution is 6.42. The minimum absolute atomic E-state index is 0.317. The summed E-state index contributed by atoms with van der Waals surface area (Å²) in [7, 11) is 2.00. The maximum atomic E-state index is 12.4. The van der Waals surface area contributed by atoms with Gasteiger partial charge in [-0.3, -0.25) is 4.79 Å². The lowest BCUT2D eigenvalue weighted by molar-refractivity contribution is -0.124. The summed E-state index contributed by atoms with van der Waals surface area (Å²) >= 11 is 11.8. The monoisotopic (exact) mass is 354 g/mol. The van der Waals surface area contributed by atoms with Crippen LogP contribution in [0.1, 0.15) is 18.4 Å². The quantitative estimate of drug-likeness (QED) is 0.865. The fourth-order valence-electron chi connectivity index (χ4n) is 2.61. The van der Waals surface area contributed by atoms with Crippen LogP contribution in [0.15, 0.2) is 18.2 Å². The van der Waals surface area contributed by atoms with E-state index in [9.17, 15) is 10.1 Å². The predicted octanol–water partition coefficient (Wildman–Crippen LogP) is 1.97. The Morgan fingerprint density at radius 3 is 2.65 bits per heavy atom. The average molecular weight is 355 g/mol. The van der Waals surface area contributed by atoms with Gasteiger partial charge in [0.25, 0.3) is 0 Å². The van der Waals surface area contributed by atoms with E-state index >= 15 is 0 Å². The van der Waals surface area contributed by atoms with Crippen LogP contribution in [-0.4, -0.2) is 42.5 Å². The Hall–Kier alpha value is -1.32. The third kappa shape index (κ3) is 4.58. The third-order valence-corrected chi connectivity index (χ3v) is 4.93. The van der Waals surface area contributed by atoms with Crippen LogP contribution in [-0.2, 0) is 11.2 Å². The number of likely N-dealkylation sites (tertiary alicyclic amines) is 1. The van der Waals surface area contributed by atoms with E-state index in [0.29, 0.717) is 29.3 Å². The number of carbonyl (C=O) groups excluding carboxylic acids is 1. The molecule has 1 fully saturated rings. The van der Waals surface area contributed by atoms with Gasteiger partial charge >= 0.3 is 0 Å². The molecule has 1 heterocycles. The molecule has 23 heavy (non-hydrogen) atoms. The number of benzene rings is 1. The third-order valence-electron chi connectivity index (χ3n) is 4.19. The Morgan fingerprint density at radius 1 is 1.43 bits per heavy atom. The van der Waals surface area contributed by atoms with Crippen LogP contribution >= 0.6 is 23.2 Å². The van der Waals surface area contributed by atoms with E-state index < -0.39 is 11.6 Å². The fraction of sp³-hybridized carbons (Fsp3) is 0.500. The molecule has 3 N–H and O–H groups in total. The van der Waals surface area contributed by atoms with E-state index in [-0.39, 0.29) is 5.91 Å². The second-order valence-electron chi connectivity index (χ2n) is 6.05. The molecular weight excluding hydrogens is 335 g/mol. The molecule has 0 saturated carbocycles. The fourth-order valence-corrected chi connectivity index (χ4v) is 2.93. The highest BCUT2D eigenvalue weighted by Crippen LogP contribution is 2.24. The van der Waals surface area contributed by atoms with Crippen molar-refractivity contribution in [1.82, 2.24) is 10.2 Å². The van der Waals surface area contributed by atoms with Gasteiger partial charge in [-0.1, -0.05) is 29.3 Å². The zero-order chi connectivity index (χ0) is 17.0. The first-order valence-corrected chi connectivity index (χ1v) is 8.22. The number of amides is 1. The number of nitrogens with zero attached hydrogens (tertiary/aromatic N) is 2. The molecule has 0 spiro atoms. The van der Waals surface area contributed by atoms with E-state index in [4.69, 9.17) is 28.9 Å². The van der Waals surface area contributed by atoms with Crippen LogP contribution < -0.4 is 11.1 Å². The van der Waals surface area contributed by atoms with Crippen LogP contribution in [0, 0.1) is 11.3 Å². The summed E-state index contributed by atoms with van der Waals surface area (Å²) in [5.41, 5.74) is 6.00. The molecule has 1 aliphatic heterocycles. The van der Waals surface area contributed by atoms with Crippen molar-refractivity contribution in [2.45, 2.75) is 30.8 Å². The van der Waals surface area contributed by atoms with Crippen molar-refractivity contribution in [3.63, 3.8) is 0 Å². The Kier molecular flexibility index (Phi) is 5.88. The van der Waals surface area contributed by atoms with Crippen molar-refractivity contribution in [1.29, 1.82) is 5.26 Å². The molecule has 0 radical (unpaired) electrons. The Labute approximate surface area is 146 Å². The summed E-state index contributed by atoms with van der Waals surface area (Å²) in [6.45, 7) is 1.55. The van der Waals surface area contributed by atoms with E-state index in [1.165, 1.54) is 0 Å². The highest BCUT2D eigenvalue weighted by Gasteiger charge is 2.36. The molecule has 0 aliphatic carbocycles. The molecule has 0 aromatic heterocycles. The molecule has 1 saturated heterocycles. The number of piperidine rings is 1. The summed E-state index contributed by atoms with van der Waals surface area (Å²) < 4.78 is 0. The first-order valence-electron chi connectivity index (χ1n) is 7.46. The van der Waals surface area contributed by atoms with Gasteiger partial charge in [0.15, 0.2) is 0 Å². The number of halogens is 2. The molecule has 1 atom stereocenters. The highest BCUT2D eigenvalue weighted by atomic mass is 35.5. The molecule has 2 rings (SSSR count). The van der Waals surface area contributed by atoms with E-state index in [0.717, 1.165) is 18.7 Å². The van der Waals surface area contributed by atoms with Crippen LogP contribution in [0.3, 0.4) is 0 Å². The van der Waals surface area contributed by atoms with Crippen LogP contribution in [0.25, 0.3) is 0 Å². The van der Waals surface area contributed by atoms with Crippen molar-refractivity contribution < 1.29 is 4.79 Å². The SMILES string of the molecule is CN1CCC(C#N)(NC(=O)C(N)Cc2ccc(Cl)c(Cl)c2)CC1. The minimum atomic E-state index is -0.821. The molecule has 1 aliphatic rings. The normalized spacial score (nSPS) is 18.9. The molecule has 5 nitrogen and oxygen atoms in total. The lowest BCUT2D eigenvalue weighted by atomic mass is 9.88. The van der Waals surface area contributed by atoms with E-state index in [1.807, 2.05) is 7.05 Å². The van der Waals surface area contributed by atoms with Gasteiger partial charge in [-0.15, -0.1) is 0 Å². The largest absolute Gasteiger partial charge is 0.336 e. The Balaban J connectivity index is 1.99. The molecule has 1 aromatic rings. The lowest BCUT2D eigenvalue weighted by Gasteiger charge is -2.36. The van der Waals surface area contributed by atoms with Gasteiger partial charge in [-0.2, -0.15) is 5.26 Å². The summed E-state index contributed by atoms with van der Waals surface area (Å²) in [6, 6.07) is 6.68. The first-order chi connectivity index (χ1) is 10.8. The predicted molar refractivity (Wildman–Crippen MR) is 91.4 cm³/mol. The number of carbonyl (C=O) groups is 1. The minimum Gasteiger partial charge on any atom is -0.336 e. The van der Waals surface area contributed by atoms with Gasteiger partial charge in [0, 0.05) is 13.1 Å². The Morgan fingerprint density at radius 2 is 2.09 bits per heavy atom. The van der Waals surface area contributed by atoms with Crippen molar-refractivity contribution in [3.05, 3.63) is 33.8 Å². The Bertz CT molecular complexity index is 621. The molecular formula is C16H20Cl2N4O. The van der Waals surface area contributed by atoms with Crippen molar-refractivity contribution in [3.8, 4) is 6.07 Å². The van der Waals surface area contributed by atoms with Crippen molar-refractivity contribution in [2.75, 3.05) is 20.1 Å².